The quantitative estimate of drug-likeness (QED) is 0.0264. The first-order valence-electron chi connectivity index (χ1n) is 36.6. The van der Waals surface area contributed by atoms with E-state index in [9.17, 15) is 19.0 Å². The molecule has 10 heteroatoms. The van der Waals surface area contributed by atoms with Crippen molar-refractivity contribution in [2.45, 2.75) is 302 Å². The number of ether oxygens (including phenoxy) is 2. The number of esters is 2. The van der Waals surface area contributed by atoms with Crippen LogP contribution in [0.5, 0.6) is 0 Å². The van der Waals surface area contributed by atoms with Gasteiger partial charge in [0.15, 0.2) is 6.10 Å². The Morgan fingerprint density at radius 3 is 0.879 bits per heavy atom. The van der Waals surface area contributed by atoms with Crippen molar-refractivity contribution >= 4 is 19.8 Å². The third-order valence-corrected chi connectivity index (χ3v) is 16.1. The summed E-state index contributed by atoms with van der Waals surface area (Å²) in [4.78, 5) is 35.3. The van der Waals surface area contributed by atoms with Gasteiger partial charge in [-0.2, -0.15) is 0 Å². The second-order valence-corrected chi connectivity index (χ2v) is 25.1. The molecule has 0 aliphatic carbocycles. The van der Waals surface area contributed by atoms with Crippen molar-refractivity contribution in [3.05, 3.63) is 170 Å². The molecular formula is C81H134NO8P. The van der Waals surface area contributed by atoms with Gasteiger partial charge in [0.05, 0.1) is 13.2 Å². The predicted molar refractivity (Wildman–Crippen MR) is 394 cm³/mol. The SMILES string of the molecule is CC/C=C\C/C=C\C/C=C\C/C=C\C/C=C\C/C=C\C/C=C\C/C=C\C/C=C\CCCC(=O)OC(COC(=O)CCCCCCCCCCCCCCCCCCCCCCCCCCC/C=C\C/C=C\C/C=C\C/C=C\C/C=C\CC)COP(=O)(O)OCCN. The molecule has 516 valence electrons. The maximum Gasteiger partial charge on any atom is 0.472 e. The van der Waals surface area contributed by atoms with E-state index in [0.717, 1.165) is 109 Å². The van der Waals surface area contributed by atoms with E-state index in [1.165, 1.54) is 148 Å². The second-order valence-electron chi connectivity index (χ2n) is 23.7. The van der Waals surface area contributed by atoms with Crippen LogP contribution in [0.4, 0.5) is 0 Å². The van der Waals surface area contributed by atoms with Crippen LogP contribution in [-0.2, 0) is 32.7 Å². The average Bonchev–Trinajstić information content (AvgIpc) is 3.68. The van der Waals surface area contributed by atoms with Crippen LogP contribution in [0.15, 0.2) is 170 Å². The van der Waals surface area contributed by atoms with Gasteiger partial charge in [0.1, 0.15) is 6.61 Å². The molecule has 0 radical (unpaired) electrons. The number of carbonyl (C=O) groups is 2. The fourth-order valence-corrected chi connectivity index (χ4v) is 10.5. The number of phosphoric ester groups is 1. The van der Waals surface area contributed by atoms with Gasteiger partial charge in [0.25, 0.3) is 0 Å². The van der Waals surface area contributed by atoms with Gasteiger partial charge in [-0.15, -0.1) is 0 Å². The highest BCUT2D eigenvalue weighted by atomic mass is 31.2. The maximum atomic E-state index is 12.7. The van der Waals surface area contributed by atoms with Crippen LogP contribution in [0.2, 0.25) is 0 Å². The summed E-state index contributed by atoms with van der Waals surface area (Å²) in [5, 5.41) is 0. The zero-order chi connectivity index (χ0) is 65.8. The third-order valence-electron chi connectivity index (χ3n) is 15.1. The first-order valence-corrected chi connectivity index (χ1v) is 38.1. The van der Waals surface area contributed by atoms with Crippen LogP contribution in [0, 0.1) is 0 Å². The molecule has 2 atom stereocenters. The minimum atomic E-state index is -4.42. The minimum absolute atomic E-state index is 0.0372. The molecule has 0 bridgehead atoms. The van der Waals surface area contributed by atoms with Crippen LogP contribution in [0.25, 0.3) is 0 Å². The molecule has 0 rings (SSSR count). The van der Waals surface area contributed by atoms with Gasteiger partial charge in [-0.1, -0.05) is 332 Å². The van der Waals surface area contributed by atoms with E-state index in [-0.39, 0.29) is 32.6 Å². The lowest BCUT2D eigenvalue weighted by atomic mass is 10.0. The van der Waals surface area contributed by atoms with Crippen LogP contribution in [0.1, 0.15) is 296 Å². The van der Waals surface area contributed by atoms with E-state index in [1.807, 2.05) is 6.08 Å². The van der Waals surface area contributed by atoms with Gasteiger partial charge < -0.3 is 20.1 Å². The Bertz CT molecular complexity index is 2100. The normalized spacial score (nSPS) is 13.9. The second kappa shape index (κ2) is 74.4. The Labute approximate surface area is 559 Å². The molecule has 0 aliphatic heterocycles. The van der Waals surface area contributed by atoms with Crippen molar-refractivity contribution in [2.75, 3.05) is 26.4 Å². The zero-order valence-corrected chi connectivity index (χ0v) is 58.9. The van der Waals surface area contributed by atoms with Crippen LogP contribution in [-0.4, -0.2) is 49.3 Å². The Morgan fingerprint density at radius 1 is 0.330 bits per heavy atom. The molecule has 0 fully saturated rings. The van der Waals surface area contributed by atoms with Crippen molar-refractivity contribution in [3.63, 3.8) is 0 Å². The summed E-state index contributed by atoms with van der Waals surface area (Å²) in [5.41, 5.74) is 5.40. The monoisotopic (exact) mass is 1280 g/mol. The van der Waals surface area contributed by atoms with Crippen molar-refractivity contribution < 1.29 is 37.6 Å². The molecule has 2 unspecified atom stereocenters. The summed E-state index contributed by atoms with van der Waals surface area (Å²) >= 11 is 0. The van der Waals surface area contributed by atoms with E-state index in [1.54, 1.807) is 0 Å². The Morgan fingerprint density at radius 2 is 0.582 bits per heavy atom. The topological polar surface area (TPSA) is 134 Å². The molecule has 0 heterocycles. The lowest BCUT2D eigenvalue weighted by Gasteiger charge is -2.19. The average molecular weight is 1280 g/mol. The molecule has 0 spiro atoms. The summed E-state index contributed by atoms with van der Waals surface area (Å²) in [7, 11) is -4.42. The number of nitrogens with two attached hydrogens (primary N) is 1. The number of carbonyl (C=O) groups excluding carboxylic acids is 2. The van der Waals surface area contributed by atoms with E-state index in [0.29, 0.717) is 12.8 Å². The first-order chi connectivity index (χ1) is 44.8. The van der Waals surface area contributed by atoms with Crippen molar-refractivity contribution in [3.8, 4) is 0 Å². The summed E-state index contributed by atoms with van der Waals surface area (Å²) in [5.74, 6) is -0.899. The van der Waals surface area contributed by atoms with Gasteiger partial charge in [-0.3, -0.25) is 18.6 Å². The van der Waals surface area contributed by atoms with Gasteiger partial charge in [-0.25, -0.2) is 4.57 Å². The molecule has 3 N–H and O–H groups in total. The number of unbranched alkanes of at least 4 members (excludes halogenated alkanes) is 26. The van der Waals surface area contributed by atoms with Crippen molar-refractivity contribution in [1.82, 2.24) is 0 Å². The third kappa shape index (κ3) is 74.3. The van der Waals surface area contributed by atoms with E-state index in [4.69, 9.17) is 24.3 Å². The summed E-state index contributed by atoms with van der Waals surface area (Å²) in [6.45, 7) is 3.46. The molecule has 0 amide bonds. The van der Waals surface area contributed by atoms with Gasteiger partial charge in [0, 0.05) is 19.4 Å². The molecule has 0 aromatic rings. The highest BCUT2D eigenvalue weighted by Crippen LogP contribution is 2.43. The van der Waals surface area contributed by atoms with Gasteiger partial charge in [0.2, 0.25) is 0 Å². The summed E-state index contributed by atoms with van der Waals surface area (Å²) in [6.07, 6.45) is 110. The smallest absolute Gasteiger partial charge is 0.462 e. The molecular weight excluding hydrogens is 1150 g/mol. The molecule has 0 aromatic carbocycles. The largest absolute Gasteiger partial charge is 0.472 e. The highest BCUT2D eigenvalue weighted by Gasteiger charge is 2.26. The van der Waals surface area contributed by atoms with Crippen LogP contribution < -0.4 is 5.73 Å². The lowest BCUT2D eigenvalue weighted by molar-refractivity contribution is -0.161. The first kappa shape index (κ1) is 86.4. The van der Waals surface area contributed by atoms with Crippen molar-refractivity contribution in [1.29, 1.82) is 0 Å². The fourth-order valence-electron chi connectivity index (χ4n) is 9.78. The number of hydrogen-bond acceptors (Lipinski definition) is 8. The molecule has 0 aliphatic rings. The van der Waals surface area contributed by atoms with Crippen LogP contribution >= 0.6 is 7.82 Å². The molecule has 0 saturated heterocycles. The lowest BCUT2D eigenvalue weighted by Crippen LogP contribution is -2.29. The maximum absolute atomic E-state index is 12.7. The van der Waals surface area contributed by atoms with Crippen molar-refractivity contribution in [2.24, 2.45) is 5.73 Å². The number of phosphoric acid groups is 1. The summed E-state index contributed by atoms with van der Waals surface area (Å²) < 4.78 is 33.1. The zero-order valence-electron chi connectivity index (χ0n) is 58.0. The van der Waals surface area contributed by atoms with Gasteiger partial charge in [-0.05, 0) is 122 Å². The Balaban J connectivity index is 3.91. The van der Waals surface area contributed by atoms with E-state index < -0.39 is 32.5 Å². The highest BCUT2D eigenvalue weighted by molar-refractivity contribution is 7.47. The van der Waals surface area contributed by atoms with E-state index >= 15 is 0 Å². The Kier molecular flexibility index (Phi) is 70.6. The number of allylic oxidation sites excluding steroid dienone is 28. The standard InChI is InChI=1S/C81H134NO8P/c1-3-5-7-9-11-13-15-17-19-21-23-25-27-29-31-33-34-35-36-37-38-39-40-41-42-43-44-46-47-49-51-53-55-57-59-61-63-65-67-69-71-73-80(83)87-77-79(78-89-91(85,86)88-76-75-82)90-81(84)74-72-70-68-66-64-62-60-58-56-54-52-50-48-45-32-30-28-26-24-22-20-18-16-14-12-10-8-6-4-2/h5-8,11-14,17-20,23-26,29-32,48,50,54,56,60,62,66,68,79H,3-4,9-10,15-16,21-22,27-28,33-47,49,51-53,55,57-59,61,63-65,67,69-78,82H2,1-2H3,(H,85,86)/b7-5-,8-6-,13-11-,14-12-,19-17-,20-18-,25-23-,26-24-,31-29-,32-30-,50-48-,56-54-,62-60-,68-66-. The van der Waals surface area contributed by atoms with Gasteiger partial charge >= 0.3 is 19.8 Å². The number of hydrogen-bond donors (Lipinski definition) is 2. The molecule has 9 nitrogen and oxygen atoms in total. The summed E-state index contributed by atoms with van der Waals surface area (Å²) in [6, 6.07) is 0. The Hall–Kier alpha value is -4.63. The molecule has 91 heavy (non-hydrogen) atoms. The molecule has 0 saturated carbocycles. The fraction of sp³-hybridized carbons (Fsp3) is 0.630. The predicted octanol–water partition coefficient (Wildman–Crippen LogP) is 24.5. The van der Waals surface area contributed by atoms with E-state index in [2.05, 4.69) is 178 Å². The van der Waals surface area contributed by atoms with Crippen LogP contribution in [0.3, 0.4) is 0 Å². The number of rotatable bonds is 67. The minimum Gasteiger partial charge on any atom is -0.462 e. The molecule has 0 aromatic heterocycles.